The summed E-state index contributed by atoms with van der Waals surface area (Å²) in [4.78, 5) is 2.50. The Morgan fingerprint density at radius 1 is 1.47 bits per heavy atom. The second kappa shape index (κ2) is 4.42. The molecule has 0 aromatic carbocycles. The molecule has 1 aromatic rings. The van der Waals surface area contributed by atoms with Crippen LogP contribution in [0, 0.1) is 13.8 Å². The Labute approximate surface area is 103 Å². The van der Waals surface area contributed by atoms with Crippen LogP contribution in [0.2, 0.25) is 0 Å². The van der Waals surface area contributed by atoms with Gasteiger partial charge in [0.05, 0.1) is 5.69 Å². The third kappa shape index (κ3) is 2.69. The highest BCUT2D eigenvalue weighted by Gasteiger charge is 2.30. The molecule has 1 fully saturated rings. The molecule has 0 radical (unpaired) electrons. The van der Waals surface area contributed by atoms with E-state index in [0.29, 0.717) is 6.04 Å². The standard InChI is InChI=1S/C13H23N3O/c1-9-6-14-13(4,5)8-16(9)7-12-10(2)15-17-11(12)3/h9,14H,6-8H2,1-5H3. The summed E-state index contributed by atoms with van der Waals surface area (Å²) in [5, 5.41) is 7.59. The lowest BCUT2D eigenvalue weighted by molar-refractivity contribution is 0.0971. The second-order valence-electron chi connectivity index (χ2n) is 5.82. The van der Waals surface area contributed by atoms with Crippen LogP contribution in [-0.2, 0) is 6.54 Å². The molecule has 4 nitrogen and oxygen atoms in total. The average Bonchev–Trinajstić information content (AvgIpc) is 2.55. The van der Waals surface area contributed by atoms with Gasteiger partial charge < -0.3 is 9.84 Å². The van der Waals surface area contributed by atoms with E-state index in [1.165, 1.54) is 5.56 Å². The minimum atomic E-state index is 0.186. The van der Waals surface area contributed by atoms with E-state index in [4.69, 9.17) is 4.52 Å². The number of hydrogen-bond donors (Lipinski definition) is 1. The maximum absolute atomic E-state index is 5.23. The Morgan fingerprint density at radius 2 is 2.18 bits per heavy atom. The Morgan fingerprint density at radius 3 is 2.76 bits per heavy atom. The minimum absolute atomic E-state index is 0.186. The summed E-state index contributed by atoms with van der Waals surface area (Å²) in [6.45, 7) is 13.8. The van der Waals surface area contributed by atoms with Gasteiger partial charge in [0.25, 0.3) is 0 Å². The van der Waals surface area contributed by atoms with Crippen molar-refractivity contribution in [3.63, 3.8) is 0 Å². The summed E-state index contributed by atoms with van der Waals surface area (Å²) in [6, 6.07) is 0.553. The molecule has 1 aromatic heterocycles. The number of piperazine rings is 1. The van der Waals surface area contributed by atoms with Crippen LogP contribution in [0.3, 0.4) is 0 Å². The van der Waals surface area contributed by atoms with E-state index < -0.39 is 0 Å². The summed E-state index contributed by atoms with van der Waals surface area (Å²) < 4.78 is 5.23. The first kappa shape index (κ1) is 12.6. The van der Waals surface area contributed by atoms with Crippen LogP contribution in [0.5, 0.6) is 0 Å². The highest BCUT2D eigenvalue weighted by atomic mass is 16.5. The van der Waals surface area contributed by atoms with Crippen molar-refractivity contribution in [1.29, 1.82) is 0 Å². The second-order valence-corrected chi connectivity index (χ2v) is 5.82. The smallest absolute Gasteiger partial charge is 0.138 e. The van der Waals surface area contributed by atoms with Crippen molar-refractivity contribution < 1.29 is 4.52 Å². The molecule has 0 bridgehead atoms. The van der Waals surface area contributed by atoms with Crippen molar-refractivity contribution in [2.45, 2.75) is 52.7 Å². The third-order valence-corrected chi connectivity index (χ3v) is 3.64. The van der Waals surface area contributed by atoms with Crippen molar-refractivity contribution >= 4 is 0 Å². The fourth-order valence-corrected chi connectivity index (χ4v) is 2.42. The maximum atomic E-state index is 5.23. The van der Waals surface area contributed by atoms with E-state index >= 15 is 0 Å². The molecule has 4 heteroatoms. The van der Waals surface area contributed by atoms with Gasteiger partial charge in [-0.2, -0.15) is 0 Å². The summed E-state index contributed by atoms with van der Waals surface area (Å²) in [6.07, 6.45) is 0. The summed E-state index contributed by atoms with van der Waals surface area (Å²) in [7, 11) is 0. The van der Waals surface area contributed by atoms with Gasteiger partial charge in [0, 0.05) is 36.8 Å². The van der Waals surface area contributed by atoms with Gasteiger partial charge >= 0.3 is 0 Å². The van der Waals surface area contributed by atoms with Crippen LogP contribution in [0.1, 0.15) is 37.8 Å². The van der Waals surface area contributed by atoms with Crippen molar-refractivity contribution in [1.82, 2.24) is 15.4 Å². The molecule has 2 heterocycles. The largest absolute Gasteiger partial charge is 0.361 e. The summed E-state index contributed by atoms with van der Waals surface area (Å²) >= 11 is 0. The molecule has 96 valence electrons. The van der Waals surface area contributed by atoms with E-state index in [1.807, 2.05) is 13.8 Å². The van der Waals surface area contributed by atoms with Gasteiger partial charge in [-0.15, -0.1) is 0 Å². The minimum Gasteiger partial charge on any atom is -0.361 e. The van der Waals surface area contributed by atoms with Crippen LogP contribution >= 0.6 is 0 Å². The Balaban J connectivity index is 2.12. The number of aryl methyl sites for hydroxylation is 2. The Bertz CT molecular complexity index is 378. The van der Waals surface area contributed by atoms with Gasteiger partial charge in [0.2, 0.25) is 0 Å². The SMILES string of the molecule is Cc1noc(C)c1CN1CC(C)(C)NCC1C. The van der Waals surface area contributed by atoms with Gasteiger partial charge in [-0.05, 0) is 34.6 Å². The van der Waals surface area contributed by atoms with Gasteiger partial charge in [-0.3, -0.25) is 4.90 Å². The van der Waals surface area contributed by atoms with Gasteiger partial charge in [0.1, 0.15) is 5.76 Å². The first-order valence-electron chi connectivity index (χ1n) is 6.30. The quantitative estimate of drug-likeness (QED) is 0.852. The lowest BCUT2D eigenvalue weighted by Gasteiger charge is -2.43. The molecule has 1 aliphatic heterocycles. The molecular weight excluding hydrogens is 214 g/mol. The number of aromatic nitrogens is 1. The predicted molar refractivity (Wildman–Crippen MR) is 67.9 cm³/mol. The van der Waals surface area contributed by atoms with Crippen LogP contribution in [0.15, 0.2) is 4.52 Å². The lowest BCUT2D eigenvalue weighted by Crippen LogP contribution is -2.60. The predicted octanol–water partition coefficient (Wildman–Crippen LogP) is 1.86. The molecule has 2 rings (SSSR count). The van der Waals surface area contributed by atoms with Gasteiger partial charge in [0.15, 0.2) is 0 Å². The fourth-order valence-electron chi connectivity index (χ4n) is 2.42. The molecule has 0 amide bonds. The number of nitrogens with zero attached hydrogens (tertiary/aromatic N) is 2. The van der Waals surface area contributed by atoms with Crippen LogP contribution in [0.25, 0.3) is 0 Å². The van der Waals surface area contributed by atoms with Crippen molar-refractivity contribution in [2.24, 2.45) is 0 Å². The van der Waals surface area contributed by atoms with Gasteiger partial charge in [-0.1, -0.05) is 5.16 Å². The molecule has 1 aliphatic rings. The van der Waals surface area contributed by atoms with E-state index in [1.54, 1.807) is 0 Å². The van der Waals surface area contributed by atoms with E-state index in [-0.39, 0.29) is 5.54 Å². The zero-order valence-electron chi connectivity index (χ0n) is 11.5. The number of rotatable bonds is 2. The van der Waals surface area contributed by atoms with Crippen LogP contribution in [-0.4, -0.2) is 34.7 Å². The zero-order chi connectivity index (χ0) is 12.6. The third-order valence-electron chi connectivity index (χ3n) is 3.64. The molecule has 0 saturated carbocycles. The van der Waals surface area contributed by atoms with E-state index in [0.717, 1.165) is 31.1 Å². The summed E-state index contributed by atoms with van der Waals surface area (Å²) in [5.74, 6) is 0.950. The molecule has 1 unspecified atom stereocenters. The van der Waals surface area contributed by atoms with Crippen LogP contribution in [0.4, 0.5) is 0 Å². The monoisotopic (exact) mass is 237 g/mol. The molecule has 0 aliphatic carbocycles. The highest BCUT2D eigenvalue weighted by molar-refractivity contribution is 5.21. The first-order valence-corrected chi connectivity index (χ1v) is 6.30. The van der Waals surface area contributed by atoms with Crippen molar-refractivity contribution in [3.8, 4) is 0 Å². The average molecular weight is 237 g/mol. The molecule has 1 saturated heterocycles. The lowest BCUT2D eigenvalue weighted by atomic mass is 9.98. The Hall–Kier alpha value is -0.870. The zero-order valence-corrected chi connectivity index (χ0v) is 11.5. The fraction of sp³-hybridized carbons (Fsp3) is 0.769. The topological polar surface area (TPSA) is 41.3 Å². The highest BCUT2D eigenvalue weighted by Crippen LogP contribution is 2.21. The first-order chi connectivity index (χ1) is 7.89. The normalized spacial score (nSPS) is 25.1. The molecule has 1 atom stereocenters. The number of hydrogen-bond acceptors (Lipinski definition) is 4. The maximum Gasteiger partial charge on any atom is 0.138 e. The molecular formula is C13H23N3O. The van der Waals surface area contributed by atoms with Crippen molar-refractivity contribution in [3.05, 3.63) is 17.0 Å². The van der Waals surface area contributed by atoms with Gasteiger partial charge in [-0.25, -0.2) is 0 Å². The van der Waals surface area contributed by atoms with Crippen LogP contribution < -0.4 is 5.32 Å². The Kier molecular flexibility index (Phi) is 3.27. The van der Waals surface area contributed by atoms with Crippen molar-refractivity contribution in [2.75, 3.05) is 13.1 Å². The molecule has 1 N–H and O–H groups in total. The number of nitrogens with one attached hydrogen (secondary N) is 1. The molecule has 17 heavy (non-hydrogen) atoms. The molecule has 0 spiro atoms. The van der Waals surface area contributed by atoms with E-state index in [9.17, 15) is 0 Å². The van der Waals surface area contributed by atoms with E-state index in [2.05, 4.69) is 36.1 Å². The summed E-state index contributed by atoms with van der Waals surface area (Å²) in [5.41, 5.74) is 2.45.